The van der Waals surface area contributed by atoms with E-state index in [9.17, 15) is 0 Å². The lowest BCUT2D eigenvalue weighted by Crippen LogP contribution is -2.70. The highest BCUT2D eigenvalue weighted by molar-refractivity contribution is 5.04. The second kappa shape index (κ2) is 8.32. The number of fused-ring (bicyclic) bond motifs is 2. The fourth-order valence-electron chi connectivity index (χ4n) is 6.93. The Morgan fingerprint density at radius 1 is 0.733 bits per heavy atom. The molecule has 4 aliphatic rings. The van der Waals surface area contributed by atoms with Gasteiger partial charge in [-0.3, -0.25) is 14.7 Å². The normalized spacial score (nSPS) is 35.5. The molecule has 4 nitrogen and oxygen atoms in total. The molecule has 0 radical (unpaired) electrons. The van der Waals surface area contributed by atoms with Gasteiger partial charge in [-0.1, -0.05) is 0 Å². The zero-order valence-electron chi connectivity index (χ0n) is 21.3. The summed E-state index contributed by atoms with van der Waals surface area (Å²) in [4.78, 5) is 11.1. The Morgan fingerprint density at radius 2 is 1.40 bits per heavy atom. The Balaban J connectivity index is 1.25. The van der Waals surface area contributed by atoms with E-state index in [1.807, 2.05) is 0 Å². The largest absolute Gasteiger partial charge is 0.300 e. The third-order valence-electron chi connectivity index (χ3n) is 9.31. The monoisotopic (exact) mass is 418 g/mol. The average molecular weight is 419 g/mol. The lowest BCUT2D eigenvalue weighted by molar-refractivity contribution is -0.111. The molecule has 4 saturated heterocycles. The zero-order valence-corrected chi connectivity index (χ0v) is 21.3. The van der Waals surface area contributed by atoms with Crippen molar-refractivity contribution in [2.45, 2.75) is 116 Å². The molecule has 0 N–H and O–H groups in total. The van der Waals surface area contributed by atoms with Crippen LogP contribution in [-0.2, 0) is 0 Å². The van der Waals surface area contributed by atoms with Crippen LogP contribution in [0.1, 0.15) is 81.1 Å². The van der Waals surface area contributed by atoms with Gasteiger partial charge in [-0.2, -0.15) is 0 Å². The maximum atomic E-state index is 2.86. The molecule has 0 aromatic carbocycles. The summed E-state index contributed by atoms with van der Waals surface area (Å²) in [5.41, 5.74) is 0.677. The molecule has 0 amide bonds. The van der Waals surface area contributed by atoms with Crippen molar-refractivity contribution in [1.29, 1.82) is 0 Å². The van der Waals surface area contributed by atoms with Gasteiger partial charge < -0.3 is 4.90 Å². The molecular formula is C26H50N4. The van der Waals surface area contributed by atoms with Crippen molar-refractivity contribution in [3.05, 3.63) is 0 Å². The van der Waals surface area contributed by atoms with E-state index in [1.165, 1.54) is 65.0 Å². The summed E-state index contributed by atoms with van der Waals surface area (Å²) in [7, 11) is 0. The van der Waals surface area contributed by atoms with E-state index in [2.05, 4.69) is 75.0 Å². The van der Waals surface area contributed by atoms with Crippen LogP contribution in [-0.4, -0.2) is 94.1 Å². The van der Waals surface area contributed by atoms with Crippen LogP contribution in [0.2, 0.25) is 0 Å². The van der Waals surface area contributed by atoms with Crippen LogP contribution in [0.25, 0.3) is 0 Å². The maximum absolute atomic E-state index is 2.86. The fourth-order valence-corrected chi connectivity index (χ4v) is 6.93. The Bertz CT molecular complexity index is 594. The van der Waals surface area contributed by atoms with Crippen LogP contribution in [0.3, 0.4) is 0 Å². The summed E-state index contributed by atoms with van der Waals surface area (Å²) >= 11 is 0. The van der Waals surface area contributed by atoms with Crippen LogP contribution in [0, 0.1) is 11.8 Å². The van der Waals surface area contributed by atoms with E-state index in [0.717, 1.165) is 23.9 Å². The number of hydrogen-bond acceptors (Lipinski definition) is 4. The molecule has 0 spiro atoms. The van der Waals surface area contributed by atoms with Crippen LogP contribution in [0.15, 0.2) is 0 Å². The second-order valence-electron chi connectivity index (χ2n) is 13.0. The van der Waals surface area contributed by atoms with Gasteiger partial charge in [-0.15, -0.1) is 0 Å². The van der Waals surface area contributed by atoms with Gasteiger partial charge in [0, 0.05) is 61.4 Å². The lowest BCUT2D eigenvalue weighted by Gasteiger charge is -2.60. The van der Waals surface area contributed by atoms with Gasteiger partial charge in [0.25, 0.3) is 0 Å². The number of likely N-dealkylation sites (tertiary alicyclic amines) is 4. The van der Waals surface area contributed by atoms with Crippen molar-refractivity contribution in [2.75, 3.05) is 39.3 Å². The zero-order chi connectivity index (χ0) is 21.8. The van der Waals surface area contributed by atoms with Gasteiger partial charge >= 0.3 is 0 Å². The fraction of sp³-hybridized carbons (Fsp3) is 1.00. The quantitative estimate of drug-likeness (QED) is 0.642. The van der Waals surface area contributed by atoms with Crippen LogP contribution >= 0.6 is 0 Å². The smallest absolute Gasteiger partial charge is 0.0269 e. The highest BCUT2D eigenvalue weighted by Crippen LogP contribution is 2.41. The SMILES string of the molecule is CC(C)N1CCC2C(C1)CN2C(C)(C)CCC(C)N1CCC2CN(C(C)(C)C)C2C1. The number of piperidine rings is 2. The average Bonchev–Trinajstić information content (AvgIpc) is 2.60. The molecule has 0 bridgehead atoms. The van der Waals surface area contributed by atoms with Gasteiger partial charge in [-0.25, -0.2) is 0 Å². The summed E-state index contributed by atoms with van der Waals surface area (Å²) in [5.74, 6) is 1.87. The number of nitrogens with zero attached hydrogens (tertiary/aromatic N) is 4. The van der Waals surface area contributed by atoms with Gasteiger partial charge in [0.1, 0.15) is 0 Å². The minimum Gasteiger partial charge on any atom is -0.300 e. The van der Waals surface area contributed by atoms with E-state index < -0.39 is 0 Å². The summed E-state index contributed by atoms with van der Waals surface area (Å²) in [6.07, 6.45) is 5.46. The van der Waals surface area contributed by atoms with Crippen molar-refractivity contribution < 1.29 is 0 Å². The lowest BCUT2D eigenvalue weighted by atomic mass is 9.76. The first-order valence-corrected chi connectivity index (χ1v) is 13.0. The van der Waals surface area contributed by atoms with Crippen molar-refractivity contribution in [2.24, 2.45) is 11.8 Å². The molecule has 4 heterocycles. The molecule has 4 aliphatic heterocycles. The number of hydrogen-bond donors (Lipinski definition) is 0. The first kappa shape index (κ1) is 23.0. The van der Waals surface area contributed by atoms with E-state index in [1.54, 1.807) is 0 Å². The predicted octanol–water partition coefficient (Wildman–Crippen LogP) is 4.15. The third-order valence-corrected chi connectivity index (χ3v) is 9.31. The van der Waals surface area contributed by atoms with Gasteiger partial charge in [-0.05, 0) is 106 Å². The molecule has 5 unspecified atom stereocenters. The van der Waals surface area contributed by atoms with Crippen molar-refractivity contribution in [1.82, 2.24) is 19.6 Å². The molecule has 4 rings (SSSR count). The molecule has 0 aromatic heterocycles. The summed E-state index contributed by atoms with van der Waals surface area (Å²) in [5, 5.41) is 0. The molecule has 4 heteroatoms. The molecule has 30 heavy (non-hydrogen) atoms. The minimum absolute atomic E-state index is 0.328. The molecule has 5 atom stereocenters. The van der Waals surface area contributed by atoms with Crippen molar-refractivity contribution in [3.63, 3.8) is 0 Å². The van der Waals surface area contributed by atoms with Gasteiger partial charge in [0.05, 0.1) is 0 Å². The summed E-state index contributed by atoms with van der Waals surface area (Å²) in [6.45, 7) is 27.3. The van der Waals surface area contributed by atoms with E-state index in [0.29, 0.717) is 23.2 Å². The number of rotatable bonds is 6. The predicted molar refractivity (Wildman–Crippen MR) is 128 cm³/mol. The molecule has 174 valence electrons. The molecular weight excluding hydrogens is 368 g/mol. The first-order chi connectivity index (χ1) is 14.0. The van der Waals surface area contributed by atoms with E-state index >= 15 is 0 Å². The van der Waals surface area contributed by atoms with Crippen LogP contribution in [0.5, 0.6) is 0 Å². The Labute approximate surface area is 187 Å². The highest BCUT2D eigenvalue weighted by atomic mass is 15.3. The second-order valence-corrected chi connectivity index (χ2v) is 13.0. The molecule has 4 fully saturated rings. The first-order valence-electron chi connectivity index (χ1n) is 13.0. The van der Waals surface area contributed by atoms with E-state index in [4.69, 9.17) is 0 Å². The molecule has 0 aromatic rings. The Kier molecular flexibility index (Phi) is 6.38. The topological polar surface area (TPSA) is 13.0 Å². The molecule has 0 aliphatic carbocycles. The summed E-state index contributed by atoms with van der Waals surface area (Å²) < 4.78 is 0. The minimum atomic E-state index is 0.328. The van der Waals surface area contributed by atoms with Crippen molar-refractivity contribution >= 4 is 0 Å². The van der Waals surface area contributed by atoms with Crippen LogP contribution < -0.4 is 0 Å². The standard InChI is InChI=1S/C26H50N4/c1-19(2)27-14-11-23-22(15-27)17-30(23)26(7,8)12-9-20(3)28-13-10-21-16-29(24(21)18-28)25(4,5)6/h19-24H,9-18H2,1-8H3. The van der Waals surface area contributed by atoms with Gasteiger partial charge in [0.15, 0.2) is 0 Å². The van der Waals surface area contributed by atoms with Crippen LogP contribution in [0.4, 0.5) is 0 Å². The maximum Gasteiger partial charge on any atom is 0.0269 e. The third kappa shape index (κ3) is 4.36. The Hall–Kier alpha value is -0.160. The summed E-state index contributed by atoms with van der Waals surface area (Å²) in [6, 6.07) is 3.07. The van der Waals surface area contributed by atoms with Crippen molar-refractivity contribution in [3.8, 4) is 0 Å². The molecule has 0 saturated carbocycles. The van der Waals surface area contributed by atoms with E-state index in [-0.39, 0.29) is 0 Å². The Morgan fingerprint density at radius 3 is 2.03 bits per heavy atom. The highest BCUT2D eigenvalue weighted by Gasteiger charge is 2.49. The van der Waals surface area contributed by atoms with Gasteiger partial charge in [0.2, 0.25) is 0 Å².